The van der Waals surface area contributed by atoms with Crippen molar-refractivity contribution in [2.75, 3.05) is 37.4 Å². The Kier molecular flexibility index (Phi) is 7.26. The molecule has 1 heterocycles. The smallest absolute Gasteiger partial charge is 0.240 e. The minimum absolute atomic E-state index is 0.00163. The van der Waals surface area contributed by atoms with E-state index in [1.54, 1.807) is 4.90 Å². The molecule has 0 aromatic heterocycles. The van der Waals surface area contributed by atoms with Crippen molar-refractivity contribution >= 4 is 33.7 Å². The normalized spacial score (nSPS) is 17.8. The van der Waals surface area contributed by atoms with Gasteiger partial charge in [0.15, 0.2) is 0 Å². The van der Waals surface area contributed by atoms with Crippen molar-refractivity contribution in [1.29, 1.82) is 0 Å². The molecule has 5 N–H and O–H groups in total. The van der Waals surface area contributed by atoms with Gasteiger partial charge < -0.3 is 16.4 Å². The molecule has 0 saturated carbocycles. The summed E-state index contributed by atoms with van der Waals surface area (Å²) >= 11 is 1.50. The second-order valence-corrected chi connectivity index (χ2v) is 7.75. The van der Waals surface area contributed by atoms with Crippen LogP contribution >= 0.6 is 11.8 Å². The highest BCUT2D eigenvalue weighted by Gasteiger charge is 2.23. The van der Waals surface area contributed by atoms with Crippen LogP contribution in [0.1, 0.15) is 12.8 Å². The lowest BCUT2D eigenvalue weighted by Gasteiger charge is -2.19. The number of carbonyl (C=O) groups excluding carboxylic acids is 1. The van der Waals surface area contributed by atoms with Crippen molar-refractivity contribution in [3.05, 3.63) is 0 Å². The predicted molar refractivity (Wildman–Crippen MR) is 85.6 cm³/mol. The highest BCUT2D eigenvalue weighted by atomic mass is 32.2. The fourth-order valence-corrected chi connectivity index (χ4v) is 3.13. The van der Waals surface area contributed by atoms with Gasteiger partial charge in [-0.05, 0) is 12.8 Å². The summed E-state index contributed by atoms with van der Waals surface area (Å²) in [6, 6.07) is -0.497. The molecular formula is C11H23N5O3S2. The number of rotatable bonds is 7. The van der Waals surface area contributed by atoms with Crippen LogP contribution in [0, 0.1) is 0 Å². The molecule has 0 aliphatic carbocycles. The van der Waals surface area contributed by atoms with Gasteiger partial charge in [0.2, 0.25) is 21.9 Å². The Hall–Kier alpha value is -1.00. The summed E-state index contributed by atoms with van der Waals surface area (Å²) in [7, 11) is -3.38. The first-order valence-corrected chi connectivity index (χ1v) is 9.74. The van der Waals surface area contributed by atoms with Crippen molar-refractivity contribution in [1.82, 2.24) is 9.62 Å². The van der Waals surface area contributed by atoms with E-state index in [0.29, 0.717) is 18.1 Å². The Morgan fingerprint density at radius 2 is 2.05 bits per heavy atom. The van der Waals surface area contributed by atoms with Crippen LogP contribution in [-0.4, -0.2) is 68.6 Å². The first-order valence-electron chi connectivity index (χ1n) is 6.69. The summed E-state index contributed by atoms with van der Waals surface area (Å²) in [5.41, 5.74) is 11.3. The fraction of sp³-hybridized carbons (Fsp3) is 0.818. The second kappa shape index (κ2) is 8.44. The van der Waals surface area contributed by atoms with E-state index < -0.39 is 16.1 Å². The molecule has 10 heteroatoms. The molecule has 21 heavy (non-hydrogen) atoms. The van der Waals surface area contributed by atoms with Crippen LogP contribution in [0.4, 0.5) is 0 Å². The molecule has 122 valence electrons. The lowest BCUT2D eigenvalue weighted by molar-refractivity contribution is -0.130. The topological polar surface area (TPSA) is 131 Å². The summed E-state index contributed by atoms with van der Waals surface area (Å²) in [6.07, 6.45) is 3.10. The zero-order chi connectivity index (χ0) is 15.9. The van der Waals surface area contributed by atoms with Crippen LogP contribution in [0.25, 0.3) is 0 Å². The highest BCUT2D eigenvalue weighted by molar-refractivity contribution is 7.99. The molecule has 0 bridgehead atoms. The van der Waals surface area contributed by atoms with Crippen LogP contribution < -0.4 is 16.2 Å². The Balaban J connectivity index is 2.18. The number of carbonyl (C=O) groups is 1. The van der Waals surface area contributed by atoms with Crippen molar-refractivity contribution in [3.8, 4) is 0 Å². The number of nitrogens with one attached hydrogen (secondary N) is 1. The van der Waals surface area contributed by atoms with Gasteiger partial charge in [-0.3, -0.25) is 14.5 Å². The quantitative estimate of drug-likeness (QED) is 0.295. The Bertz CT molecular complexity index is 474. The fourth-order valence-electron chi connectivity index (χ4n) is 1.91. The molecule has 1 rings (SSSR count). The number of aliphatic imine (C=N–C) groups is 1. The van der Waals surface area contributed by atoms with E-state index >= 15 is 0 Å². The monoisotopic (exact) mass is 337 g/mol. The van der Waals surface area contributed by atoms with E-state index in [-0.39, 0.29) is 11.9 Å². The van der Waals surface area contributed by atoms with Crippen LogP contribution in [-0.2, 0) is 14.8 Å². The number of amides is 1. The van der Waals surface area contributed by atoms with Crippen molar-refractivity contribution in [2.24, 2.45) is 16.5 Å². The SMILES string of the molecule is CS(=O)(=O)NC(N)=NCCSC[C@H](N)C(=O)N1CCCC1. The summed E-state index contributed by atoms with van der Waals surface area (Å²) in [6.45, 7) is 1.97. The molecule has 1 fully saturated rings. The zero-order valence-electron chi connectivity index (χ0n) is 12.1. The van der Waals surface area contributed by atoms with Crippen molar-refractivity contribution < 1.29 is 13.2 Å². The van der Waals surface area contributed by atoms with E-state index in [4.69, 9.17) is 11.5 Å². The van der Waals surface area contributed by atoms with Crippen molar-refractivity contribution in [2.45, 2.75) is 18.9 Å². The van der Waals surface area contributed by atoms with Gasteiger partial charge in [-0.1, -0.05) is 0 Å². The van der Waals surface area contributed by atoms with Gasteiger partial charge in [-0.15, -0.1) is 0 Å². The average Bonchev–Trinajstić information content (AvgIpc) is 2.88. The molecule has 1 atom stereocenters. The number of hydrogen-bond acceptors (Lipinski definition) is 6. The maximum Gasteiger partial charge on any atom is 0.240 e. The third-order valence-corrected chi connectivity index (χ3v) is 4.49. The minimum Gasteiger partial charge on any atom is -0.369 e. The minimum atomic E-state index is -3.38. The maximum absolute atomic E-state index is 11.9. The van der Waals surface area contributed by atoms with Gasteiger partial charge in [-0.25, -0.2) is 8.42 Å². The third kappa shape index (κ3) is 7.53. The molecule has 8 nitrogen and oxygen atoms in total. The van der Waals surface area contributed by atoms with E-state index in [1.807, 2.05) is 0 Å². The van der Waals surface area contributed by atoms with E-state index in [1.165, 1.54) is 11.8 Å². The maximum atomic E-state index is 11.9. The third-order valence-electron chi connectivity index (χ3n) is 2.84. The molecular weight excluding hydrogens is 314 g/mol. The lowest BCUT2D eigenvalue weighted by Crippen LogP contribution is -2.43. The Labute approximate surface area is 129 Å². The number of likely N-dealkylation sites (tertiary alicyclic amines) is 1. The summed E-state index contributed by atoms with van der Waals surface area (Å²) in [4.78, 5) is 17.6. The van der Waals surface area contributed by atoms with E-state index in [9.17, 15) is 13.2 Å². The standard InChI is InChI=1S/C11H23N5O3S2/c1-21(18,19)15-11(13)14-4-7-20-8-9(12)10(17)16-5-2-3-6-16/h9H,2-8,12H2,1H3,(H3,13,14,15)/t9-/m0/s1. The van der Waals surface area contributed by atoms with E-state index in [0.717, 1.165) is 32.2 Å². The first kappa shape index (κ1) is 18.1. The van der Waals surface area contributed by atoms with Gasteiger partial charge >= 0.3 is 0 Å². The molecule has 0 unspecified atom stereocenters. The summed E-state index contributed by atoms with van der Waals surface area (Å²) in [5.74, 6) is 1.01. The first-order chi connectivity index (χ1) is 9.79. The molecule has 0 aromatic rings. The van der Waals surface area contributed by atoms with Crippen molar-refractivity contribution in [3.63, 3.8) is 0 Å². The number of hydrogen-bond donors (Lipinski definition) is 3. The van der Waals surface area contributed by atoms with Gasteiger partial charge in [0.25, 0.3) is 0 Å². The Morgan fingerprint density at radius 1 is 1.43 bits per heavy atom. The second-order valence-electron chi connectivity index (χ2n) is 4.85. The van der Waals surface area contributed by atoms with Crippen LogP contribution in [0.3, 0.4) is 0 Å². The van der Waals surface area contributed by atoms with E-state index in [2.05, 4.69) is 9.71 Å². The van der Waals surface area contributed by atoms with Gasteiger partial charge in [0.1, 0.15) is 0 Å². The zero-order valence-corrected chi connectivity index (χ0v) is 13.8. The molecule has 1 saturated heterocycles. The van der Waals surface area contributed by atoms with Crippen LogP contribution in [0.15, 0.2) is 4.99 Å². The number of thioether (sulfide) groups is 1. The largest absolute Gasteiger partial charge is 0.369 e. The highest BCUT2D eigenvalue weighted by Crippen LogP contribution is 2.10. The molecule has 1 amide bonds. The summed E-state index contributed by atoms with van der Waals surface area (Å²) in [5, 5.41) is 0. The molecule has 1 aliphatic heterocycles. The molecule has 1 aliphatic rings. The molecule has 0 aromatic carbocycles. The molecule has 0 radical (unpaired) electrons. The average molecular weight is 337 g/mol. The Morgan fingerprint density at radius 3 is 2.62 bits per heavy atom. The lowest BCUT2D eigenvalue weighted by atomic mass is 10.3. The van der Waals surface area contributed by atoms with Gasteiger partial charge in [-0.2, -0.15) is 11.8 Å². The number of sulfonamides is 1. The van der Waals surface area contributed by atoms with Crippen LogP contribution in [0.5, 0.6) is 0 Å². The van der Waals surface area contributed by atoms with Crippen LogP contribution in [0.2, 0.25) is 0 Å². The molecule has 0 spiro atoms. The summed E-state index contributed by atoms with van der Waals surface area (Å²) < 4.78 is 23.8. The number of guanidine groups is 1. The van der Waals surface area contributed by atoms with Gasteiger partial charge in [0, 0.05) is 24.6 Å². The predicted octanol–water partition coefficient (Wildman–Crippen LogP) is -1.47. The number of nitrogens with two attached hydrogens (primary N) is 2. The van der Waals surface area contributed by atoms with Gasteiger partial charge in [0.05, 0.1) is 18.8 Å². The number of nitrogens with zero attached hydrogens (tertiary/aromatic N) is 2.